The van der Waals surface area contributed by atoms with E-state index in [4.69, 9.17) is 14.2 Å². The molecule has 0 spiro atoms. The van der Waals surface area contributed by atoms with E-state index in [0.29, 0.717) is 16.9 Å². The van der Waals surface area contributed by atoms with E-state index >= 15 is 0 Å². The smallest absolute Gasteiger partial charge is 0.142 e. The Hall–Kier alpha value is -3.40. The van der Waals surface area contributed by atoms with E-state index in [1.807, 2.05) is 30.3 Å². The van der Waals surface area contributed by atoms with Crippen LogP contribution in [0.4, 0.5) is 0 Å². The van der Waals surface area contributed by atoms with Crippen LogP contribution < -0.4 is 14.2 Å². The van der Waals surface area contributed by atoms with E-state index in [2.05, 4.69) is 18.2 Å². The Kier molecular flexibility index (Phi) is 4.70. The van der Waals surface area contributed by atoms with Gasteiger partial charge in [0, 0.05) is 17.2 Å². The summed E-state index contributed by atoms with van der Waals surface area (Å²) in [5.74, 6) is 2.13. The standard InChI is InChI=1S/C24H22O4/c1-26-22-16(14-15-8-5-4-6-9-15)12-13-18-21(22)24(28-3)20-17(23(18)27-2)10-7-11-19(20)25/h4-13,25H,14H2,1-3H3. The number of hydrogen-bond acceptors (Lipinski definition) is 4. The first-order valence-corrected chi connectivity index (χ1v) is 9.08. The predicted octanol–water partition coefficient (Wildman–Crippen LogP) is 5.32. The van der Waals surface area contributed by atoms with Gasteiger partial charge in [-0.3, -0.25) is 0 Å². The summed E-state index contributed by atoms with van der Waals surface area (Å²) in [6, 6.07) is 19.7. The number of benzene rings is 4. The second-order valence-electron chi connectivity index (χ2n) is 6.61. The Morgan fingerprint density at radius 1 is 0.643 bits per heavy atom. The lowest BCUT2D eigenvalue weighted by atomic mass is 9.95. The number of hydrogen-bond donors (Lipinski definition) is 1. The topological polar surface area (TPSA) is 47.9 Å². The second kappa shape index (κ2) is 7.31. The molecule has 4 nitrogen and oxygen atoms in total. The van der Waals surface area contributed by atoms with Crippen LogP contribution in [-0.2, 0) is 6.42 Å². The molecule has 0 fully saturated rings. The summed E-state index contributed by atoms with van der Waals surface area (Å²) in [5, 5.41) is 13.6. The Bertz CT molecular complexity index is 1150. The SMILES string of the molecule is COc1c2cccc(O)c2c(OC)c2c(OC)c(Cc3ccccc3)ccc12. The zero-order chi connectivity index (χ0) is 19.7. The molecule has 0 amide bonds. The van der Waals surface area contributed by atoms with Crippen LogP contribution in [0.5, 0.6) is 23.0 Å². The van der Waals surface area contributed by atoms with Gasteiger partial charge in [-0.1, -0.05) is 48.5 Å². The van der Waals surface area contributed by atoms with Gasteiger partial charge in [0.05, 0.1) is 32.1 Å². The van der Waals surface area contributed by atoms with Crippen molar-refractivity contribution < 1.29 is 19.3 Å². The average Bonchev–Trinajstić information content (AvgIpc) is 2.73. The maximum Gasteiger partial charge on any atom is 0.142 e. The maximum atomic E-state index is 10.6. The highest BCUT2D eigenvalue weighted by molar-refractivity contribution is 6.15. The molecule has 0 bridgehead atoms. The Labute approximate surface area is 163 Å². The number of phenols is 1. The van der Waals surface area contributed by atoms with Crippen LogP contribution >= 0.6 is 0 Å². The van der Waals surface area contributed by atoms with Crippen LogP contribution in [0.3, 0.4) is 0 Å². The zero-order valence-electron chi connectivity index (χ0n) is 16.2. The Morgan fingerprint density at radius 2 is 1.32 bits per heavy atom. The second-order valence-corrected chi connectivity index (χ2v) is 6.61. The summed E-state index contributed by atoms with van der Waals surface area (Å²) in [6.45, 7) is 0. The van der Waals surface area contributed by atoms with Gasteiger partial charge in [0.1, 0.15) is 23.0 Å². The van der Waals surface area contributed by atoms with Crippen molar-refractivity contribution in [3.63, 3.8) is 0 Å². The molecule has 0 aliphatic heterocycles. The fraction of sp³-hybridized carbons (Fsp3) is 0.167. The fourth-order valence-electron chi connectivity index (χ4n) is 3.89. The van der Waals surface area contributed by atoms with E-state index in [-0.39, 0.29) is 5.75 Å². The van der Waals surface area contributed by atoms with Gasteiger partial charge < -0.3 is 19.3 Å². The summed E-state index contributed by atoms with van der Waals surface area (Å²) < 4.78 is 17.3. The van der Waals surface area contributed by atoms with Crippen LogP contribution in [0.25, 0.3) is 21.5 Å². The normalized spacial score (nSPS) is 11.0. The van der Waals surface area contributed by atoms with Crippen molar-refractivity contribution in [2.24, 2.45) is 0 Å². The summed E-state index contributed by atoms with van der Waals surface area (Å²) in [6.07, 6.45) is 0.726. The third-order valence-electron chi connectivity index (χ3n) is 5.07. The van der Waals surface area contributed by atoms with Gasteiger partial charge in [-0.05, 0) is 23.3 Å². The van der Waals surface area contributed by atoms with E-state index in [1.165, 1.54) is 5.56 Å². The number of fused-ring (bicyclic) bond motifs is 2. The average molecular weight is 374 g/mol. The summed E-state index contributed by atoms with van der Waals surface area (Å²) in [4.78, 5) is 0. The van der Waals surface area contributed by atoms with Gasteiger partial charge in [0.2, 0.25) is 0 Å². The third-order valence-corrected chi connectivity index (χ3v) is 5.07. The molecule has 0 heterocycles. The van der Waals surface area contributed by atoms with Crippen LogP contribution in [0, 0.1) is 0 Å². The minimum absolute atomic E-state index is 0.144. The van der Waals surface area contributed by atoms with Gasteiger partial charge in [-0.2, -0.15) is 0 Å². The molecule has 142 valence electrons. The summed E-state index contributed by atoms with van der Waals surface area (Å²) >= 11 is 0. The van der Waals surface area contributed by atoms with Crippen molar-refractivity contribution in [2.45, 2.75) is 6.42 Å². The molecule has 1 N–H and O–H groups in total. The van der Waals surface area contributed by atoms with E-state index in [1.54, 1.807) is 33.5 Å². The lowest BCUT2D eigenvalue weighted by Gasteiger charge is -2.19. The highest BCUT2D eigenvalue weighted by Crippen LogP contribution is 2.49. The molecular formula is C24H22O4. The number of phenolic OH excluding ortho intramolecular Hbond substituents is 1. The zero-order valence-corrected chi connectivity index (χ0v) is 16.2. The van der Waals surface area contributed by atoms with Crippen LogP contribution in [0.2, 0.25) is 0 Å². The highest BCUT2D eigenvalue weighted by Gasteiger charge is 2.22. The minimum atomic E-state index is 0.144. The lowest BCUT2D eigenvalue weighted by Crippen LogP contribution is -1.99. The molecule has 0 saturated heterocycles. The number of aromatic hydroxyl groups is 1. The first-order valence-electron chi connectivity index (χ1n) is 9.08. The van der Waals surface area contributed by atoms with Crippen molar-refractivity contribution in [3.05, 3.63) is 71.8 Å². The number of methoxy groups -OCH3 is 3. The molecule has 0 aliphatic carbocycles. The van der Waals surface area contributed by atoms with Crippen molar-refractivity contribution in [1.82, 2.24) is 0 Å². The van der Waals surface area contributed by atoms with Gasteiger partial charge >= 0.3 is 0 Å². The monoisotopic (exact) mass is 374 g/mol. The minimum Gasteiger partial charge on any atom is -0.507 e. The van der Waals surface area contributed by atoms with Gasteiger partial charge in [-0.25, -0.2) is 0 Å². The summed E-state index contributed by atoms with van der Waals surface area (Å²) in [5.41, 5.74) is 2.23. The van der Waals surface area contributed by atoms with Crippen LogP contribution in [0.1, 0.15) is 11.1 Å². The number of ether oxygens (including phenoxy) is 3. The quantitative estimate of drug-likeness (QED) is 0.481. The molecular weight excluding hydrogens is 352 g/mol. The summed E-state index contributed by atoms with van der Waals surface area (Å²) in [7, 11) is 4.90. The molecule has 0 aromatic heterocycles. The van der Waals surface area contributed by atoms with E-state index < -0.39 is 0 Å². The molecule has 4 aromatic carbocycles. The highest BCUT2D eigenvalue weighted by atomic mass is 16.5. The van der Waals surface area contributed by atoms with Gasteiger partial charge in [-0.15, -0.1) is 0 Å². The van der Waals surface area contributed by atoms with E-state index in [9.17, 15) is 5.11 Å². The molecule has 28 heavy (non-hydrogen) atoms. The molecule has 0 unspecified atom stereocenters. The predicted molar refractivity (Wildman–Crippen MR) is 112 cm³/mol. The van der Waals surface area contributed by atoms with Crippen molar-refractivity contribution in [3.8, 4) is 23.0 Å². The molecule has 4 aromatic rings. The third kappa shape index (κ3) is 2.78. The molecule has 0 atom stereocenters. The van der Waals surface area contributed by atoms with Crippen molar-refractivity contribution >= 4 is 21.5 Å². The van der Waals surface area contributed by atoms with Crippen molar-refractivity contribution in [1.29, 1.82) is 0 Å². The lowest BCUT2D eigenvalue weighted by molar-refractivity contribution is 0.401. The van der Waals surface area contributed by atoms with E-state index in [0.717, 1.165) is 33.9 Å². The molecule has 0 aliphatic rings. The molecule has 0 radical (unpaired) electrons. The maximum absolute atomic E-state index is 10.6. The molecule has 4 heteroatoms. The Morgan fingerprint density at radius 3 is 2.00 bits per heavy atom. The van der Waals surface area contributed by atoms with Crippen LogP contribution in [0.15, 0.2) is 60.7 Å². The molecule has 4 rings (SSSR count). The first-order chi connectivity index (χ1) is 13.7. The van der Waals surface area contributed by atoms with Gasteiger partial charge in [0.25, 0.3) is 0 Å². The van der Waals surface area contributed by atoms with Crippen LogP contribution in [-0.4, -0.2) is 26.4 Å². The Balaban J connectivity index is 2.10. The van der Waals surface area contributed by atoms with Gasteiger partial charge in [0.15, 0.2) is 0 Å². The van der Waals surface area contributed by atoms with Crippen molar-refractivity contribution in [2.75, 3.05) is 21.3 Å². The fourth-order valence-corrected chi connectivity index (χ4v) is 3.89. The largest absolute Gasteiger partial charge is 0.507 e. The number of rotatable bonds is 5. The molecule has 0 saturated carbocycles. The first kappa shape index (κ1) is 18.0.